The fourth-order valence-corrected chi connectivity index (χ4v) is 1.98. The standard InChI is InChI=1S/C12H20N4O2/c1-2-13-12-6-14-10(5-15-12)7-16-3-4-18-9-11(16)8-17/h5-6,11,17H,2-4,7-9H2,1H3,(H,13,15). The summed E-state index contributed by atoms with van der Waals surface area (Å²) in [5.41, 5.74) is 0.914. The minimum atomic E-state index is 0.0639. The lowest BCUT2D eigenvalue weighted by Gasteiger charge is -2.33. The quantitative estimate of drug-likeness (QED) is 0.774. The monoisotopic (exact) mass is 252 g/mol. The largest absolute Gasteiger partial charge is 0.395 e. The molecule has 1 aromatic heterocycles. The molecule has 2 rings (SSSR count). The molecule has 2 N–H and O–H groups in total. The van der Waals surface area contributed by atoms with Gasteiger partial charge in [0.1, 0.15) is 5.82 Å². The Morgan fingerprint density at radius 3 is 3.06 bits per heavy atom. The number of aromatic nitrogens is 2. The molecule has 0 bridgehead atoms. The maximum Gasteiger partial charge on any atom is 0.144 e. The highest BCUT2D eigenvalue weighted by atomic mass is 16.5. The van der Waals surface area contributed by atoms with Crippen LogP contribution >= 0.6 is 0 Å². The third kappa shape index (κ3) is 3.38. The molecule has 0 amide bonds. The van der Waals surface area contributed by atoms with Crippen LogP contribution in [0.1, 0.15) is 12.6 Å². The first-order chi connectivity index (χ1) is 8.83. The third-order valence-corrected chi connectivity index (χ3v) is 2.99. The average molecular weight is 252 g/mol. The summed E-state index contributed by atoms with van der Waals surface area (Å²) in [7, 11) is 0. The van der Waals surface area contributed by atoms with Crippen LogP contribution in [-0.2, 0) is 11.3 Å². The van der Waals surface area contributed by atoms with Gasteiger partial charge in [-0.3, -0.25) is 9.88 Å². The molecule has 1 fully saturated rings. The van der Waals surface area contributed by atoms with E-state index in [0.717, 1.165) is 24.6 Å². The number of aliphatic hydroxyl groups is 1. The van der Waals surface area contributed by atoms with Crippen molar-refractivity contribution in [1.82, 2.24) is 14.9 Å². The molecule has 0 radical (unpaired) electrons. The Bertz CT molecular complexity index is 358. The normalized spacial score (nSPS) is 20.9. The molecular formula is C12H20N4O2. The van der Waals surface area contributed by atoms with Gasteiger partial charge in [0.05, 0.1) is 44.0 Å². The van der Waals surface area contributed by atoms with Crippen LogP contribution in [-0.4, -0.2) is 58.9 Å². The van der Waals surface area contributed by atoms with Gasteiger partial charge in [-0.1, -0.05) is 0 Å². The SMILES string of the molecule is CCNc1cnc(CN2CCOCC2CO)cn1. The lowest BCUT2D eigenvalue weighted by molar-refractivity contribution is -0.0317. The summed E-state index contributed by atoms with van der Waals surface area (Å²) in [5, 5.41) is 12.4. The fraction of sp³-hybridized carbons (Fsp3) is 0.667. The zero-order valence-electron chi connectivity index (χ0n) is 10.7. The van der Waals surface area contributed by atoms with Gasteiger partial charge in [-0.2, -0.15) is 0 Å². The molecule has 0 aliphatic carbocycles. The molecular weight excluding hydrogens is 232 g/mol. The van der Waals surface area contributed by atoms with Crippen molar-refractivity contribution in [1.29, 1.82) is 0 Å². The molecule has 6 heteroatoms. The van der Waals surface area contributed by atoms with E-state index in [0.29, 0.717) is 19.8 Å². The lowest BCUT2D eigenvalue weighted by atomic mass is 10.2. The summed E-state index contributed by atoms with van der Waals surface area (Å²) in [6.07, 6.45) is 3.52. The van der Waals surface area contributed by atoms with E-state index in [9.17, 15) is 5.11 Å². The second-order valence-electron chi connectivity index (χ2n) is 4.31. The van der Waals surface area contributed by atoms with Gasteiger partial charge in [0.25, 0.3) is 0 Å². The van der Waals surface area contributed by atoms with Gasteiger partial charge in [0.2, 0.25) is 0 Å². The van der Waals surface area contributed by atoms with Crippen LogP contribution in [0.3, 0.4) is 0 Å². The summed E-state index contributed by atoms with van der Waals surface area (Å²) in [5.74, 6) is 0.793. The van der Waals surface area contributed by atoms with Gasteiger partial charge in [-0.25, -0.2) is 4.98 Å². The van der Waals surface area contributed by atoms with E-state index in [1.807, 2.05) is 6.92 Å². The van der Waals surface area contributed by atoms with Gasteiger partial charge in [0.15, 0.2) is 0 Å². The number of anilines is 1. The molecule has 6 nitrogen and oxygen atoms in total. The second-order valence-corrected chi connectivity index (χ2v) is 4.31. The van der Waals surface area contributed by atoms with E-state index < -0.39 is 0 Å². The topological polar surface area (TPSA) is 70.5 Å². The molecule has 2 heterocycles. The Labute approximate surface area is 107 Å². The molecule has 100 valence electrons. The van der Waals surface area contributed by atoms with Gasteiger partial charge in [-0.15, -0.1) is 0 Å². The van der Waals surface area contributed by atoms with Gasteiger partial charge in [-0.05, 0) is 6.92 Å². The summed E-state index contributed by atoms with van der Waals surface area (Å²) in [6, 6.07) is 0.0639. The number of rotatable bonds is 5. The molecule has 0 spiro atoms. The molecule has 1 aliphatic heterocycles. The van der Waals surface area contributed by atoms with E-state index >= 15 is 0 Å². The third-order valence-electron chi connectivity index (χ3n) is 2.99. The van der Waals surface area contributed by atoms with E-state index in [1.54, 1.807) is 12.4 Å². The maximum atomic E-state index is 9.29. The zero-order valence-corrected chi connectivity index (χ0v) is 10.7. The number of morpholine rings is 1. The summed E-state index contributed by atoms with van der Waals surface area (Å²) in [4.78, 5) is 10.8. The predicted octanol–water partition coefficient (Wildman–Crippen LogP) is 0.101. The van der Waals surface area contributed by atoms with E-state index in [-0.39, 0.29) is 12.6 Å². The van der Waals surface area contributed by atoms with Crippen molar-refractivity contribution in [3.8, 4) is 0 Å². The van der Waals surface area contributed by atoms with E-state index in [2.05, 4.69) is 20.2 Å². The van der Waals surface area contributed by atoms with Crippen molar-refractivity contribution >= 4 is 5.82 Å². The van der Waals surface area contributed by atoms with Crippen LogP contribution in [0.4, 0.5) is 5.82 Å². The Balaban J connectivity index is 1.95. The lowest BCUT2D eigenvalue weighted by Crippen LogP contribution is -2.46. The summed E-state index contributed by atoms with van der Waals surface area (Å²) >= 11 is 0. The minimum absolute atomic E-state index is 0.0639. The number of aliphatic hydroxyl groups excluding tert-OH is 1. The van der Waals surface area contributed by atoms with Crippen molar-refractivity contribution in [2.24, 2.45) is 0 Å². The zero-order chi connectivity index (χ0) is 12.8. The first kappa shape index (κ1) is 13.2. The Hall–Kier alpha value is -1.24. The van der Waals surface area contributed by atoms with Crippen molar-refractivity contribution < 1.29 is 9.84 Å². The van der Waals surface area contributed by atoms with Crippen molar-refractivity contribution in [3.05, 3.63) is 18.1 Å². The van der Waals surface area contributed by atoms with Crippen LogP contribution in [0.15, 0.2) is 12.4 Å². The fourth-order valence-electron chi connectivity index (χ4n) is 1.98. The molecule has 1 unspecified atom stereocenters. The Morgan fingerprint density at radius 1 is 1.50 bits per heavy atom. The van der Waals surface area contributed by atoms with Crippen molar-refractivity contribution in [3.63, 3.8) is 0 Å². The molecule has 0 saturated carbocycles. The summed E-state index contributed by atoms with van der Waals surface area (Å²) in [6.45, 7) is 5.79. The highest BCUT2D eigenvalue weighted by molar-refractivity contribution is 5.30. The van der Waals surface area contributed by atoms with Crippen LogP contribution in [0.5, 0.6) is 0 Å². The molecule has 0 aromatic carbocycles. The predicted molar refractivity (Wildman–Crippen MR) is 68.3 cm³/mol. The number of hydrogen-bond donors (Lipinski definition) is 2. The van der Waals surface area contributed by atoms with Crippen LogP contribution in [0, 0.1) is 0 Å². The minimum Gasteiger partial charge on any atom is -0.395 e. The highest BCUT2D eigenvalue weighted by Gasteiger charge is 2.22. The molecule has 1 aliphatic rings. The average Bonchev–Trinajstić information content (AvgIpc) is 2.42. The second kappa shape index (κ2) is 6.63. The molecule has 1 aromatic rings. The van der Waals surface area contributed by atoms with Crippen LogP contribution < -0.4 is 5.32 Å². The first-order valence-corrected chi connectivity index (χ1v) is 6.31. The van der Waals surface area contributed by atoms with E-state index in [1.165, 1.54) is 0 Å². The smallest absolute Gasteiger partial charge is 0.144 e. The highest BCUT2D eigenvalue weighted by Crippen LogP contribution is 2.11. The van der Waals surface area contributed by atoms with Gasteiger partial charge >= 0.3 is 0 Å². The van der Waals surface area contributed by atoms with Gasteiger partial charge < -0.3 is 15.2 Å². The Morgan fingerprint density at radius 2 is 2.39 bits per heavy atom. The Kier molecular flexibility index (Phi) is 4.86. The van der Waals surface area contributed by atoms with E-state index in [4.69, 9.17) is 4.74 Å². The maximum absolute atomic E-state index is 9.29. The molecule has 1 saturated heterocycles. The number of nitrogens with zero attached hydrogens (tertiary/aromatic N) is 3. The molecule has 1 atom stereocenters. The first-order valence-electron chi connectivity index (χ1n) is 6.31. The molecule has 18 heavy (non-hydrogen) atoms. The van der Waals surface area contributed by atoms with Crippen LogP contribution in [0.25, 0.3) is 0 Å². The number of hydrogen-bond acceptors (Lipinski definition) is 6. The van der Waals surface area contributed by atoms with Gasteiger partial charge in [0, 0.05) is 19.6 Å². The van der Waals surface area contributed by atoms with Crippen molar-refractivity contribution in [2.75, 3.05) is 38.2 Å². The summed E-state index contributed by atoms with van der Waals surface area (Å²) < 4.78 is 5.34. The van der Waals surface area contributed by atoms with Crippen LogP contribution in [0.2, 0.25) is 0 Å². The number of ether oxygens (including phenoxy) is 1. The number of nitrogens with one attached hydrogen (secondary N) is 1. The van der Waals surface area contributed by atoms with Crippen molar-refractivity contribution in [2.45, 2.75) is 19.5 Å².